The minimum absolute atomic E-state index is 0.0379. The van der Waals surface area contributed by atoms with Crippen molar-refractivity contribution >= 4 is 32.6 Å². The summed E-state index contributed by atoms with van der Waals surface area (Å²) in [7, 11) is -2.65. The molecule has 2 heterocycles. The Kier molecular flexibility index (Phi) is 5.24. The highest BCUT2D eigenvalue weighted by Crippen LogP contribution is 2.28. The van der Waals surface area contributed by atoms with Gasteiger partial charge in [0.2, 0.25) is 0 Å². The number of ether oxygens (including phenoxy) is 1. The van der Waals surface area contributed by atoms with Crippen LogP contribution in [0.1, 0.15) is 16.1 Å². The summed E-state index contributed by atoms with van der Waals surface area (Å²) >= 11 is 0. The van der Waals surface area contributed by atoms with Crippen molar-refractivity contribution < 1.29 is 17.9 Å². The molecule has 2 aromatic carbocycles. The second-order valence-corrected chi connectivity index (χ2v) is 8.33. The maximum Gasteiger partial charge on any atom is 0.356 e. The monoisotopic (exact) mass is 421 g/mol. The number of fused-ring (bicyclic) bond motifs is 1. The molecule has 8 heteroatoms. The lowest BCUT2D eigenvalue weighted by atomic mass is 10.2. The first-order chi connectivity index (χ1) is 14.5. The Labute approximate surface area is 174 Å². The van der Waals surface area contributed by atoms with Crippen LogP contribution in [0.25, 0.3) is 10.9 Å². The number of hydrogen-bond donors (Lipinski definition) is 1. The molecular formula is C22H19N3O4S. The Morgan fingerprint density at radius 3 is 2.47 bits per heavy atom. The SMILES string of the molecule is COC(=O)c1ccc(S(=O)(=O)Nc2cn(Cc3ccccc3)c3ccccc23)cn1. The molecule has 0 aliphatic carbocycles. The fourth-order valence-corrected chi connectivity index (χ4v) is 4.22. The lowest BCUT2D eigenvalue weighted by molar-refractivity contribution is 0.0594. The zero-order valence-corrected chi connectivity index (χ0v) is 17.0. The second-order valence-electron chi connectivity index (χ2n) is 6.65. The van der Waals surface area contributed by atoms with Gasteiger partial charge in [-0.2, -0.15) is 0 Å². The molecule has 0 unspecified atom stereocenters. The van der Waals surface area contributed by atoms with E-state index in [2.05, 4.69) is 14.4 Å². The first-order valence-electron chi connectivity index (χ1n) is 9.17. The van der Waals surface area contributed by atoms with Gasteiger partial charge in [0.15, 0.2) is 0 Å². The third-order valence-corrected chi connectivity index (χ3v) is 6.02. The van der Waals surface area contributed by atoms with Gasteiger partial charge in [-0.1, -0.05) is 48.5 Å². The predicted octanol–water partition coefficient (Wildman–Crippen LogP) is 3.67. The number of methoxy groups -OCH3 is 1. The van der Waals surface area contributed by atoms with Gasteiger partial charge in [-0.25, -0.2) is 18.2 Å². The van der Waals surface area contributed by atoms with Crippen LogP contribution in [0.3, 0.4) is 0 Å². The Balaban J connectivity index is 1.67. The molecule has 152 valence electrons. The maximum atomic E-state index is 12.9. The molecule has 7 nitrogen and oxygen atoms in total. The summed E-state index contributed by atoms with van der Waals surface area (Å²) in [5.41, 5.74) is 2.53. The average Bonchev–Trinajstić information content (AvgIpc) is 3.10. The number of esters is 1. The normalized spacial score (nSPS) is 11.4. The largest absolute Gasteiger partial charge is 0.464 e. The van der Waals surface area contributed by atoms with E-state index in [9.17, 15) is 13.2 Å². The first-order valence-corrected chi connectivity index (χ1v) is 10.7. The van der Waals surface area contributed by atoms with Gasteiger partial charge < -0.3 is 9.30 Å². The standard InChI is InChI=1S/C22H19N3O4S/c1-29-22(26)19-12-11-17(13-23-19)30(27,28)24-20-15-25(14-16-7-3-2-4-8-16)21-10-6-5-9-18(20)21/h2-13,15,24H,14H2,1H3. The van der Waals surface area contributed by atoms with E-state index in [1.54, 1.807) is 6.20 Å². The van der Waals surface area contributed by atoms with E-state index < -0.39 is 16.0 Å². The van der Waals surface area contributed by atoms with Crippen molar-refractivity contribution in [1.29, 1.82) is 0 Å². The summed E-state index contributed by atoms with van der Waals surface area (Å²) in [6, 6.07) is 20.2. The van der Waals surface area contributed by atoms with E-state index in [0.29, 0.717) is 12.2 Å². The number of para-hydroxylation sites is 1. The van der Waals surface area contributed by atoms with Gasteiger partial charge in [0.1, 0.15) is 10.6 Å². The third kappa shape index (κ3) is 3.90. The van der Waals surface area contributed by atoms with E-state index in [1.807, 2.05) is 59.2 Å². The number of nitrogens with zero attached hydrogens (tertiary/aromatic N) is 2. The van der Waals surface area contributed by atoms with Gasteiger partial charge in [0.05, 0.1) is 18.3 Å². The van der Waals surface area contributed by atoms with Crippen LogP contribution in [0, 0.1) is 0 Å². The summed E-state index contributed by atoms with van der Waals surface area (Å²) in [6.07, 6.45) is 2.92. The second kappa shape index (κ2) is 8.00. The van der Waals surface area contributed by atoms with Gasteiger partial charge in [0.25, 0.3) is 10.0 Å². The van der Waals surface area contributed by atoms with E-state index in [0.717, 1.165) is 22.7 Å². The molecule has 2 aromatic heterocycles. The number of carbonyl (C=O) groups excluding carboxylic acids is 1. The van der Waals surface area contributed by atoms with Crippen LogP contribution in [0.5, 0.6) is 0 Å². The van der Waals surface area contributed by atoms with Crippen LogP contribution < -0.4 is 4.72 Å². The molecule has 0 atom stereocenters. The highest BCUT2D eigenvalue weighted by atomic mass is 32.2. The molecule has 0 radical (unpaired) electrons. The number of pyridine rings is 1. The van der Waals surface area contributed by atoms with Crippen LogP contribution >= 0.6 is 0 Å². The van der Waals surface area contributed by atoms with Crippen LogP contribution in [0.15, 0.2) is 84.0 Å². The molecule has 0 saturated carbocycles. The average molecular weight is 421 g/mol. The summed E-state index contributed by atoms with van der Waals surface area (Å²) in [5.74, 6) is -0.629. The minimum atomic E-state index is -3.89. The number of nitrogens with one attached hydrogen (secondary N) is 1. The lowest BCUT2D eigenvalue weighted by Gasteiger charge is -2.07. The zero-order valence-electron chi connectivity index (χ0n) is 16.1. The summed E-state index contributed by atoms with van der Waals surface area (Å²) in [6.45, 7) is 0.610. The molecule has 0 aliphatic heterocycles. The van der Waals surface area contributed by atoms with E-state index in [4.69, 9.17) is 0 Å². The highest BCUT2D eigenvalue weighted by molar-refractivity contribution is 7.92. The van der Waals surface area contributed by atoms with Crippen molar-refractivity contribution in [3.63, 3.8) is 0 Å². The van der Waals surface area contributed by atoms with Gasteiger partial charge in [-0.3, -0.25) is 4.72 Å². The highest BCUT2D eigenvalue weighted by Gasteiger charge is 2.19. The molecule has 0 spiro atoms. The fourth-order valence-electron chi connectivity index (χ4n) is 3.21. The Bertz CT molecular complexity index is 1300. The van der Waals surface area contributed by atoms with Crippen molar-refractivity contribution in [2.45, 2.75) is 11.4 Å². The van der Waals surface area contributed by atoms with Gasteiger partial charge in [-0.15, -0.1) is 0 Å². The van der Waals surface area contributed by atoms with E-state index in [1.165, 1.54) is 19.2 Å². The van der Waals surface area contributed by atoms with Crippen molar-refractivity contribution in [1.82, 2.24) is 9.55 Å². The molecule has 30 heavy (non-hydrogen) atoms. The Hall–Kier alpha value is -3.65. The zero-order chi connectivity index (χ0) is 21.1. The molecule has 4 aromatic rings. The Morgan fingerprint density at radius 1 is 1.03 bits per heavy atom. The van der Waals surface area contributed by atoms with Crippen LogP contribution in [0.4, 0.5) is 5.69 Å². The summed E-state index contributed by atoms with van der Waals surface area (Å²) in [4.78, 5) is 15.3. The lowest BCUT2D eigenvalue weighted by Crippen LogP contribution is -2.14. The predicted molar refractivity (Wildman–Crippen MR) is 114 cm³/mol. The third-order valence-electron chi connectivity index (χ3n) is 4.67. The van der Waals surface area contributed by atoms with Crippen LogP contribution in [-0.2, 0) is 21.3 Å². The molecule has 0 bridgehead atoms. The topological polar surface area (TPSA) is 90.3 Å². The molecule has 4 rings (SSSR count). The van der Waals surface area contributed by atoms with Crippen LogP contribution in [0.2, 0.25) is 0 Å². The van der Waals surface area contributed by atoms with Crippen molar-refractivity contribution in [2.24, 2.45) is 0 Å². The van der Waals surface area contributed by atoms with E-state index >= 15 is 0 Å². The van der Waals surface area contributed by atoms with Crippen molar-refractivity contribution in [3.8, 4) is 0 Å². The van der Waals surface area contributed by atoms with Gasteiger partial charge in [0, 0.05) is 24.3 Å². The van der Waals surface area contributed by atoms with Crippen molar-refractivity contribution in [2.75, 3.05) is 11.8 Å². The first kappa shape index (κ1) is 19.7. The molecule has 0 saturated heterocycles. The number of benzene rings is 2. The quantitative estimate of drug-likeness (QED) is 0.480. The number of rotatable bonds is 6. The molecule has 1 N–H and O–H groups in total. The smallest absolute Gasteiger partial charge is 0.356 e. The molecule has 0 amide bonds. The van der Waals surface area contributed by atoms with Crippen LogP contribution in [-0.4, -0.2) is 31.0 Å². The molecule has 0 fully saturated rings. The number of anilines is 1. The molecular weight excluding hydrogens is 402 g/mol. The van der Waals surface area contributed by atoms with Gasteiger partial charge >= 0.3 is 5.97 Å². The van der Waals surface area contributed by atoms with E-state index in [-0.39, 0.29) is 10.6 Å². The summed E-state index contributed by atoms with van der Waals surface area (Å²) in [5, 5.41) is 0.788. The summed E-state index contributed by atoms with van der Waals surface area (Å²) < 4.78 is 35.0. The number of carbonyl (C=O) groups is 1. The minimum Gasteiger partial charge on any atom is -0.464 e. The fraction of sp³-hybridized carbons (Fsp3) is 0.0909. The maximum absolute atomic E-state index is 12.9. The Morgan fingerprint density at radius 2 is 1.77 bits per heavy atom. The number of aromatic nitrogens is 2. The number of sulfonamides is 1. The molecule has 0 aliphatic rings. The van der Waals surface area contributed by atoms with Gasteiger partial charge in [-0.05, 0) is 23.8 Å². The number of hydrogen-bond acceptors (Lipinski definition) is 5. The van der Waals surface area contributed by atoms with Crippen molar-refractivity contribution in [3.05, 3.63) is 90.4 Å².